The van der Waals surface area contributed by atoms with Crippen LogP contribution in [0, 0.1) is 10.1 Å². The number of hydrogen-bond donors (Lipinski definition) is 0. The van der Waals surface area contributed by atoms with Gasteiger partial charge in [0.2, 0.25) is 5.15 Å². The van der Waals surface area contributed by atoms with Gasteiger partial charge in [-0.1, -0.05) is 37.3 Å². The first kappa shape index (κ1) is 15.7. The molecule has 1 aliphatic rings. The van der Waals surface area contributed by atoms with Gasteiger partial charge in [0.25, 0.3) is 5.91 Å². The molecule has 0 saturated heterocycles. The van der Waals surface area contributed by atoms with Crippen molar-refractivity contribution in [2.45, 2.75) is 44.6 Å². The molecule has 0 atom stereocenters. The molecule has 114 valence electrons. The lowest BCUT2D eigenvalue weighted by atomic mass is 10.1. The summed E-state index contributed by atoms with van der Waals surface area (Å²) in [6.07, 6.45) is 7.73. The number of amides is 1. The highest BCUT2D eigenvalue weighted by Gasteiger charge is 2.29. The van der Waals surface area contributed by atoms with Gasteiger partial charge in [-0.2, -0.15) is 0 Å². The van der Waals surface area contributed by atoms with Crippen LogP contribution in [0.15, 0.2) is 12.3 Å². The first-order valence-electron chi connectivity index (χ1n) is 7.08. The Morgan fingerprint density at radius 3 is 2.57 bits per heavy atom. The number of hydrogen-bond acceptors (Lipinski definition) is 4. The lowest BCUT2D eigenvalue weighted by Crippen LogP contribution is -2.37. The van der Waals surface area contributed by atoms with E-state index in [2.05, 4.69) is 4.98 Å². The average molecular weight is 312 g/mol. The first-order chi connectivity index (χ1) is 10.0. The molecule has 1 amide bonds. The molecule has 1 aliphatic carbocycles. The number of carbonyl (C=O) groups is 1. The van der Waals surface area contributed by atoms with E-state index in [1.54, 1.807) is 11.9 Å². The van der Waals surface area contributed by atoms with Gasteiger partial charge in [-0.3, -0.25) is 14.9 Å². The fourth-order valence-corrected chi connectivity index (χ4v) is 3.00. The predicted octanol–water partition coefficient (Wildman–Crippen LogP) is 3.44. The molecule has 1 aromatic rings. The van der Waals surface area contributed by atoms with Gasteiger partial charge in [0.1, 0.15) is 5.56 Å². The molecule has 0 aliphatic heterocycles. The number of carbonyl (C=O) groups excluding carboxylic acids is 1. The minimum absolute atomic E-state index is 0.00625. The van der Waals surface area contributed by atoms with Gasteiger partial charge >= 0.3 is 5.69 Å². The van der Waals surface area contributed by atoms with Crippen LogP contribution in [0.4, 0.5) is 5.69 Å². The summed E-state index contributed by atoms with van der Waals surface area (Å²) in [5.41, 5.74) is -0.406. The molecule has 7 heteroatoms. The molecular weight excluding hydrogens is 294 g/mol. The number of rotatable bonds is 3. The normalized spacial score (nSPS) is 16.3. The quantitative estimate of drug-likeness (QED) is 0.371. The first-order valence-corrected chi connectivity index (χ1v) is 7.46. The smallest absolute Gasteiger partial charge is 0.319 e. The van der Waals surface area contributed by atoms with E-state index in [9.17, 15) is 14.9 Å². The van der Waals surface area contributed by atoms with E-state index in [1.807, 2.05) is 0 Å². The third-order valence-corrected chi connectivity index (χ3v) is 4.26. The molecule has 2 rings (SSSR count). The second kappa shape index (κ2) is 6.85. The Morgan fingerprint density at radius 2 is 2.00 bits per heavy atom. The Hall–Kier alpha value is -1.69. The molecule has 1 aromatic heterocycles. The number of nitro groups is 1. The standard InChI is InChI=1S/C14H18ClN3O3/c1-17(10-6-4-2-3-5-7-10)14(19)11-8-9-16-13(15)12(11)18(20)21/h8-10H,2-7H2,1H3. The van der Waals surface area contributed by atoms with Crippen LogP contribution < -0.4 is 0 Å². The van der Waals surface area contributed by atoms with Gasteiger partial charge in [-0.15, -0.1) is 0 Å². The average Bonchev–Trinajstić information content (AvgIpc) is 2.74. The molecule has 0 aromatic carbocycles. The van der Waals surface area contributed by atoms with E-state index in [0.29, 0.717) is 0 Å². The van der Waals surface area contributed by atoms with Crippen LogP contribution in [-0.4, -0.2) is 33.8 Å². The fourth-order valence-electron chi connectivity index (χ4n) is 2.78. The zero-order chi connectivity index (χ0) is 15.4. The van der Waals surface area contributed by atoms with Crippen molar-refractivity contribution in [2.75, 3.05) is 7.05 Å². The van der Waals surface area contributed by atoms with Crippen LogP contribution in [0.5, 0.6) is 0 Å². The van der Waals surface area contributed by atoms with E-state index in [0.717, 1.165) is 25.7 Å². The second-order valence-corrected chi connectivity index (χ2v) is 5.67. The highest BCUT2D eigenvalue weighted by Crippen LogP contribution is 2.29. The van der Waals surface area contributed by atoms with E-state index in [4.69, 9.17) is 11.6 Å². The summed E-state index contributed by atoms with van der Waals surface area (Å²) in [6.45, 7) is 0. The highest BCUT2D eigenvalue weighted by atomic mass is 35.5. The summed E-state index contributed by atoms with van der Waals surface area (Å²) >= 11 is 5.76. The summed E-state index contributed by atoms with van der Waals surface area (Å²) in [7, 11) is 1.70. The molecule has 1 saturated carbocycles. The number of aromatic nitrogens is 1. The van der Waals surface area contributed by atoms with Crippen molar-refractivity contribution in [1.82, 2.24) is 9.88 Å². The SMILES string of the molecule is CN(C(=O)c1ccnc(Cl)c1[N+](=O)[O-])C1CCCCCC1. The van der Waals surface area contributed by atoms with Crippen LogP contribution >= 0.6 is 11.6 Å². The lowest BCUT2D eigenvalue weighted by molar-refractivity contribution is -0.385. The van der Waals surface area contributed by atoms with Crippen molar-refractivity contribution < 1.29 is 9.72 Å². The van der Waals surface area contributed by atoms with E-state index >= 15 is 0 Å². The Kier molecular flexibility index (Phi) is 5.12. The molecule has 0 spiro atoms. The number of nitrogens with zero attached hydrogens (tertiary/aromatic N) is 3. The van der Waals surface area contributed by atoms with Gasteiger partial charge in [0, 0.05) is 19.3 Å². The topological polar surface area (TPSA) is 76.3 Å². The third kappa shape index (κ3) is 3.50. The third-order valence-electron chi connectivity index (χ3n) is 3.99. The van der Waals surface area contributed by atoms with Crippen molar-refractivity contribution >= 4 is 23.2 Å². The molecule has 1 heterocycles. The molecule has 1 fully saturated rings. The molecule has 0 bridgehead atoms. The lowest BCUT2D eigenvalue weighted by Gasteiger charge is -2.27. The fraction of sp³-hybridized carbons (Fsp3) is 0.571. The summed E-state index contributed by atoms with van der Waals surface area (Å²) in [5.74, 6) is -0.363. The van der Waals surface area contributed by atoms with E-state index in [1.165, 1.54) is 25.1 Å². The number of halogens is 1. The monoisotopic (exact) mass is 311 g/mol. The molecule has 0 N–H and O–H groups in total. The molecule has 6 nitrogen and oxygen atoms in total. The zero-order valence-electron chi connectivity index (χ0n) is 11.9. The summed E-state index contributed by atoms with van der Waals surface area (Å²) < 4.78 is 0. The molecular formula is C14H18ClN3O3. The van der Waals surface area contributed by atoms with E-state index in [-0.39, 0.29) is 22.7 Å². The predicted molar refractivity (Wildman–Crippen MR) is 79.5 cm³/mol. The van der Waals surface area contributed by atoms with Crippen LogP contribution in [-0.2, 0) is 0 Å². The minimum Gasteiger partial charge on any atom is -0.339 e. The Balaban J connectivity index is 2.27. The van der Waals surface area contributed by atoms with Crippen molar-refractivity contribution in [3.8, 4) is 0 Å². The van der Waals surface area contributed by atoms with Gasteiger partial charge in [0.15, 0.2) is 0 Å². The van der Waals surface area contributed by atoms with Gasteiger partial charge in [-0.05, 0) is 18.9 Å². The summed E-state index contributed by atoms with van der Waals surface area (Å²) in [5, 5.41) is 10.9. The van der Waals surface area contributed by atoms with Crippen LogP contribution in [0.25, 0.3) is 0 Å². The van der Waals surface area contributed by atoms with Gasteiger partial charge < -0.3 is 4.90 Å². The summed E-state index contributed by atoms with van der Waals surface area (Å²) in [4.78, 5) is 28.3. The maximum absolute atomic E-state index is 12.6. The summed E-state index contributed by atoms with van der Waals surface area (Å²) in [6, 6.07) is 1.49. The molecule has 0 unspecified atom stereocenters. The second-order valence-electron chi connectivity index (χ2n) is 5.32. The van der Waals surface area contributed by atoms with Crippen molar-refractivity contribution in [3.63, 3.8) is 0 Å². The molecule has 0 radical (unpaired) electrons. The largest absolute Gasteiger partial charge is 0.339 e. The highest BCUT2D eigenvalue weighted by molar-refractivity contribution is 6.32. The van der Waals surface area contributed by atoms with Crippen LogP contribution in [0.2, 0.25) is 5.15 Å². The number of pyridine rings is 1. The van der Waals surface area contributed by atoms with Crippen molar-refractivity contribution in [1.29, 1.82) is 0 Å². The zero-order valence-corrected chi connectivity index (χ0v) is 12.7. The van der Waals surface area contributed by atoms with Crippen molar-refractivity contribution in [2.24, 2.45) is 0 Å². The van der Waals surface area contributed by atoms with Crippen molar-refractivity contribution in [3.05, 3.63) is 33.1 Å². The minimum atomic E-state index is -0.649. The van der Waals surface area contributed by atoms with Crippen LogP contribution in [0.1, 0.15) is 48.9 Å². The van der Waals surface area contributed by atoms with Crippen LogP contribution in [0.3, 0.4) is 0 Å². The van der Waals surface area contributed by atoms with E-state index < -0.39 is 10.6 Å². The maximum Gasteiger partial charge on any atom is 0.319 e. The van der Waals surface area contributed by atoms with Gasteiger partial charge in [0.05, 0.1) is 4.92 Å². The Labute approximate surface area is 128 Å². The Morgan fingerprint density at radius 1 is 1.38 bits per heavy atom. The van der Waals surface area contributed by atoms with Gasteiger partial charge in [-0.25, -0.2) is 4.98 Å². The maximum atomic E-state index is 12.6. The Bertz CT molecular complexity index is 542. The molecule has 21 heavy (non-hydrogen) atoms.